The second-order valence-corrected chi connectivity index (χ2v) is 5.99. The van der Waals surface area contributed by atoms with Crippen LogP contribution in [0.1, 0.15) is 11.1 Å². The second kappa shape index (κ2) is 9.22. The van der Waals surface area contributed by atoms with Gasteiger partial charge in [-0.25, -0.2) is 0 Å². The van der Waals surface area contributed by atoms with E-state index in [9.17, 15) is 4.79 Å². The topological polar surface area (TPSA) is 47.6 Å². The Morgan fingerprint density at radius 2 is 1.74 bits per heavy atom. The highest BCUT2D eigenvalue weighted by molar-refractivity contribution is 8.00. The Bertz CT molecular complexity index is 628. The zero-order valence-electron chi connectivity index (χ0n) is 13.4. The monoisotopic (exact) mass is 331 g/mol. The highest BCUT2D eigenvalue weighted by Crippen LogP contribution is 2.21. The highest BCUT2D eigenvalue weighted by atomic mass is 32.2. The lowest BCUT2D eigenvalue weighted by molar-refractivity contribution is -0.118. The summed E-state index contributed by atoms with van der Waals surface area (Å²) in [5.74, 6) is 1.21. The minimum Gasteiger partial charge on any atom is -0.497 e. The van der Waals surface area contributed by atoms with E-state index in [0.29, 0.717) is 18.9 Å². The van der Waals surface area contributed by atoms with E-state index in [-0.39, 0.29) is 5.91 Å². The average molecular weight is 331 g/mol. The molecule has 1 N–H and O–H groups in total. The molecule has 0 aliphatic carbocycles. The van der Waals surface area contributed by atoms with Gasteiger partial charge in [0.15, 0.2) is 0 Å². The first kappa shape index (κ1) is 17.4. The zero-order chi connectivity index (χ0) is 16.5. The largest absolute Gasteiger partial charge is 0.497 e. The van der Waals surface area contributed by atoms with E-state index in [1.54, 1.807) is 14.2 Å². The number of amides is 1. The van der Waals surface area contributed by atoms with Crippen LogP contribution in [0.2, 0.25) is 0 Å². The van der Waals surface area contributed by atoms with Crippen molar-refractivity contribution in [2.75, 3.05) is 20.0 Å². The first-order chi connectivity index (χ1) is 11.2. The number of hydrogen-bond donors (Lipinski definition) is 1. The van der Waals surface area contributed by atoms with Crippen molar-refractivity contribution in [3.8, 4) is 5.75 Å². The van der Waals surface area contributed by atoms with Crippen molar-refractivity contribution in [2.24, 2.45) is 0 Å². The molecule has 0 fully saturated rings. The van der Waals surface area contributed by atoms with Gasteiger partial charge in [-0.2, -0.15) is 0 Å². The third kappa shape index (κ3) is 5.62. The molecular formula is C18H21NO3S. The van der Waals surface area contributed by atoms with Gasteiger partial charge in [-0.15, -0.1) is 11.8 Å². The van der Waals surface area contributed by atoms with Gasteiger partial charge in [0.1, 0.15) is 5.75 Å². The fourth-order valence-corrected chi connectivity index (χ4v) is 2.82. The molecule has 0 heterocycles. The molecule has 23 heavy (non-hydrogen) atoms. The van der Waals surface area contributed by atoms with Gasteiger partial charge in [0.05, 0.1) is 19.5 Å². The van der Waals surface area contributed by atoms with Crippen LogP contribution in [0.3, 0.4) is 0 Å². The van der Waals surface area contributed by atoms with Gasteiger partial charge < -0.3 is 14.8 Å². The maximum absolute atomic E-state index is 12.0. The molecule has 0 aliphatic heterocycles. The molecule has 0 radical (unpaired) electrons. The van der Waals surface area contributed by atoms with Crippen molar-refractivity contribution >= 4 is 17.7 Å². The zero-order valence-corrected chi connectivity index (χ0v) is 14.2. The Morgan fingerprint density at radius 1 is 1.04 bits per heavy atom. The van der Waals surface area contributed by atoms with Gasteiger partial charge in [0.25, 0.3) is 0 Å². The normalized spacial score (nSPS) is 10.3. The summed E-state index contributed by atoms with van der Waals surface area (Å²) in [6, 6.07) is 15.6. The van der Waals surface area contributed by atoms with Crippen molar-refractivity contribution in [1.29, 1.82) is 0 Å². The fourth-order valence-electron chi connectivity index (χ4n) is 2.09. The van der Waals surface area contributed by atoms with E-state index in [1.165, 1.54) is 11.8 Å². The number of hydrogen-bond acceptors (Lipinski definition) is 4. The van der Waals surface area contributed by atoms with Crippen LogP contribution in [0, 0.1) is 0 Å². The summed E-state index contributed by atoms with van der Waals surface area (Å²) in [5.41, 5.74) is 2.18. The molecule has 0 unspecified atom stereocenters. The van der Waals surface area contributed by atoms with Crippen molar-refractivity contribution < 1.29 is 14.3 Å². The molecule has 2 rings (SSSR count). The lowest BCUT2D eigenvalue weighted by atomic mass is 10.1. The number of methoxy groups -OCH3 is 2. The second-order valence-electron chi connectivity index (χ2n) is 4.94. The first-order valence-electron chi connectivity index (χ1n) is 7.32. The number of ether oxygens (including phenoxy) is 2. The molecule has 0 atom stereocenters. The third-order valence-electron chi connectivity index (χ3n) is 3.32. The van der Waals surface area contributed by atoms with Crippen molar-refractivity contribution in [3.05, 3.63) is 59.7 Å². The standard InChI is InChI=1S/C18H21NO3S/c1-21-12-15-6-4-3-5-14(15)11-19-18(20)13-23-17-9-7-16(22-2)8-10-17/h3-10H,11-13H2,1-2H3,(H,19,20). The maximum Gasteiger partial charge on any atom is 0.230 e. The van der Waals surface area contributed by atoms with Crippen molar-refractivity contribution in [1.82, 2.24) is 5.32 Å². The SMILES string of the molecule is COCc1ccccc1CNC(=O)CSc1ccc(OC)cc1. The van der Waals surface area contributed by atoms with Crippen LogP contribution in [0.15, 0.2) is 53.4 Å². The number of carbonyl (C=O) groups is 1. The minimum absolute atomic E-state index is 0.0121. The Balaban J connectivity index is 1.81. The van der Waals surface area contributed by atoms with Crippen LogP contribution >= 0.6 is 11.8 Å². The highest BCUT2D eigenvalue weighted by Gasteiger charge is 2.06. The average Bonchev–Trinajstić information content (AvgIpc) is 2.60. The summed E-state index contributed by atoms with van der Waals surface area (Å²) in [5, 5.41) is 2.95. The molecule has 5 heteroatoms. The smallest absolute Gasteiger partial charge is 0.230 e. The van der Waals surface area contributed by atoms with E-state index in [2.05, 4.69) is 5.32 Å². The molecule has 0 saturated heterocycles. The molecule has 0 bridgehead atoms. The lowest BCUT2D eigenvalue weighted by Gasteiger charge is -2.10. The van der Waals surface area contributed by atoms with Crippen LogP contribution in [0.25, 0.3) is 0 Å². The quantitative estimate of drug-likeness (QED) is 0.754. The Morgan fingerprint density at radius 3 is 2.39 bits per heavy atom. The first-order valence-corrected chi connectivity index (χ1v) is 8.30. The van der Waals surface area contributed by atoms with Gasteiger partial charge >= 0.3 is 0 Å². The summed E-state index contributed by atoms with van der Waals surface area (Å²) in [7, 11) is 3.30. The number of rotatable bonds is 8. The predicted octanol–water partition coefficient (Wildman–Crippen LogP) is 3.25. The summed E-state index contributed by atoms with van der Waals surface area (Å²) in [6.45, 7) is 1.06. The molecule has 0 aromatic heterocycles. The number of thioether (sulfide) groups is 1. The van der Waals surface area contributed by atoms with Crippen LogP contribution in [-0.4, -0.2) is 25.9 Å². The van der Waals surface area contributed by atoms with E-state index in [4.69, 9.17) is 9.47 Å². The molecule has 122 valence electrons. The Hall–Kier alpha value is -1.98. The van der Waals surface area contributed by atoms with Crippen molar-refractivity contribution in [3.63, 3.8) is 0 Å². The van der Waals surface area contributed by atoms with Crippen LogP contribution in [0.5, 0.6) is 5.75 Å². The van der Waals surface area contributed by atoms with Crippen LogP contribution in [0.4, 0.5) is 0 Å². The minimum atomic E-state index is 0.0121. The van der Waals surface area contributed by atoms with E-state index in [1.807, 2.05) is 48.5 Å². The maximum atomic E-state index is 12.0. The van der Waals surface area contributed by atoms with Gasteiger partial charge in [-0.3, -0.25) is 4.79 Å². The molecule has 0 aliphatic rings. The van der Waals surface area contributed by atoms with Gasteiger partial charge in [-0.1, -0.05) is 24.3 Å². The van der Waals surface area contributed by atoms with E-state index >= 15 is 0 Å². The molecule has 2 aromatic carbocycles. The summed E-state index contributed by atoms with van der Waals surface area (Å²) >= 11 is 1.51. The lowest BCUT2D eigenvalue weighted by Crippen LogP contribution is -2.25. The van der Waals surface area contributed by atoms with Gasteiger partial charge in [0.2, 0.25) is 5.91 Å². The third-order valence-corrected chi connectivity index (χ3v) is 4.34. The fraction of sp³-hybridized carbons (Fsp3) is 0.278. The molecule has 0 saturated carbocycles. The predicted molar refractivity (Wildman–Crippen MR) is 92.7 cm³/mol. The Labute approximate surface area is 141 Å². The molecule has 2 aromatic rings. The van der Waals surface area contributed by atoms with E-state index in [0.717, 1.165) is 21.8 Å². The summed E-state index contributed by atoms with van der Waals surface area (Å²) in [6.07, 6.45) is 0. The van der Waals surface area contributed by atoms with Crippen molar-refractivity contribution in [2.45, 2.75) is 18.0 Å². The van der Waals surface area contributed by atoms with E-state index < -0.39 is 0 Å². The molecule has 0 spiro atoms. The van der Waals surface area contributed by atoms with Crippen LogP contribution < -0.4 is 10.1 Å². The molecule has 1 amide bonds. The summed E-state index contributed by atoms with van der Waals surface area (Å²) < 4.78 is 10.3. The molecular weight excluding hydrogens is 310 g/mol. The number of carbonyl (C=O) groups excluding carboxylic acids is 1. The number of nitrogens with one attached hydrogen (secondary N) is 1. The Kier molecular flexibility index (Phi) is 6.97. The van der Waals surface area contributed by atoms with Gasteiger partial charge in [-0.05, 0) is 35.4 Å². The summed E-state index contributed by atoms with van der Waals surface area (Å²) in [4.78, 5) is 13.0. The van der Waals surface area contributed by atoms with Crippen LogP contribution in [-0.2, 0) is 22.7 Å². The number of benzene rings is 2. The van der Waals surface area contributed by atoms with Gasteiger partial charge in [0, 0.05) is 18.6 Å². The molecule has 4 nitrogen and oxygen atoms in total.